The zero-order valence-corrected chi connectivity index (χ0v) is 15.3. The minimum Gasteiger partial charge on any atom is -0.339 e. The molecule has 0 unspecified atom stereocenters. The summed E-state index contributed by atoms with van der Waals surface area (Å²) in [6.07, 6.45) is 1.49. The summed E-state index contributed by atoms with van der Waals surface area (Å²) in [7, 11) is 0. The number of hydrogen-bond donors (Lipinski definition) is 1. The third kappa shape index (κ3) is 3.22. The van der Waals surface area contributed by atoms with Gasteiger partial charge in [0.05, 0.1) is 16.5 Å². The number of carbonyl (C=O) groups is 3. The fourth-order valence-corrected chi connectivity index (χ4v) is 4.31. The van der Waals surface area contributed by atoms with Gasteiger partial charge < -0.3 is 10.2 Å². The SMILES string of the molecule is CC(C)N1C[C@H](C(=O)Nc2nc3c(s2)C(=O)CC(C)(C)C3)CC1=O. The van der Waals surface area contributed by atoms with Crippen molar-refractivity contribution in [2.75, 3.05) is 11.9 Å². The summed E-state index contributed by atoms with van der Waals surface area (Å²) in [5, 5.41) is 3.27. The number of Topliss-reactive ketones (excluding diaryl/α,β-unsaturated/α-hetero) is 1. The second-order valence-electron chi connectivity index (χ2n) is 7.77. The van der Waals surface area contributed by atoms with E-state index < -0.39 is 0 Å². The molecule has 3 rings (SSSR count). The van der Waals surface area contributed by atoms with Gasteiger partial charge in [-0.1, -0.05) is 25.2 Å². The van der Waals surface area contributed by atoms with Crippen molar-refractivity contribution in [2.45, 2.75) is 53.0 Å². The zero-order valence-electron chi connectivity index (χ0n) is 14.5. The molecule has 0 bridgehead atoms. The highest BCUT2D eigenvalue weighted by atomic mass is 32.1. The van der Waals surface area contributed by atoms with Crippen LogP contribution in [-0.4, -0.2) is 40.1 Å². The van der Waals surface area contributed by atoms with Gasteiger partial charge in [-0.2, -0.15) is 0 Å². The van der Waals surface area contributed by atoms with Crippen molar-refractivity contribution < 1.29 is 14.4 Å². The second kappa shape index (κ2) is 5.95. The third-order valence-corrected chi connectivity index (χ3v) is 5.67. The Labute approximate surface area is 145 Å². The highest BCUT2D eigenvalue weighted by Gasteiger charge is 2.37. The van der Waals surface area contributed by atoms with E-state index in [0.29, 0.717) is 23.0 Å². The fraction of sp³-hybridized carbons (Fsp3) is 0.647. The van der Waals surface area contributed by atoms with E-state index in [-0.39, 0.29) is 41.4 Å². The normalized spacial score (nSPS) is 22.9. The Morgan fingerprint density at radius 1 is 1.33 bits per heavy atom. The minimum absolute atomic E-state index is 0.0144. The number of fused-ring (bicyclic) bond motifs is 1. The van der Waals surface area contributed by atoms with E-state index in [1.807, 2.05) is 13.8 Å². The summed E-state index contributed by atoms with van der Waals surface area (Å²) in [5.41, 5.74) is 0.692. The maximum Gasteiger partial charge on any atom is 0.231 e. The maximum absolute atomic E-state index is 12.4. The Morgan fingerprint density at radius 3 is 2.67 bits per heavy atom. The van der Waals surface area contributed by atoms with Gasteiger partial charge in [-0.3, -0.25) is 14.4 Å². The Kier molecular flexibility index (Phi) is 4.23. The number of thiazole rings is 1. The first-order valence-corrected chi connectivity index (χ1v) is 9.11. The lowest BCUT2D eigenvalue weighted by Crippen LogP contribution is -2.33. The predicted octanol–water partition coefficient (Wildman–Crippen LogP) is 2.49. The van der Waals surface area contributed by atoms with Crippen LogP contribution in [-0.2, 0) is 16.0 Å². The standard InChI is InChI=1S/C17H23N3O3S/c1-9(2)20-8-10(5-13(20)22)15(23)19-16-18-11-6-17(3,4)7-12(21)14(11)24-16/h9-10H,5-8H2,1-4H3,(H,18,19,23)/t10-/m1/s1. The fourth-order valence-electron chi connectivity index (χ4n) is 3.39. The number of ketones is 1. The predicted molar refractivity (Wildman–Crippen MR) is 92.1 cm³/mol. The first-order chi connectivity index (χ1) is 11.2. The average molecular weight is 349 g/mol. The number of hydrogen-bond acceptors (Lipinski definition) is 5. The molecular formula is C17H23N3O3S. The van der Waals surface area contributed by atoms with Crippen LogP contribution < -0.4 is 5.32 Å². The molecule has 2 heterocycles. The highest BCUT2D eigenvalue weighted by Crippen LogP contribution is 2.38. The van der Waals surface area contributed by atoms with E-state index in [0.717, 1.165) is 12.1 Å². The van der Waals surface area contributed by atoms with Crippen molar-refractivity contribution in [3.05, 3.63) is 10.6 Å². The Morgan fingerprint density at radius 2 is 2.04 bits per heavy atom. The van der Waals surface area contributed by atoms with Crippen LogP contribution in [0.2, 0.25) is 0 Å². The molecule has 2 aliphatic rings. The lowest BCUT2D eigenvalue weighted by atomic mass is 9.78. The third-order valence-electron chi connectivity index (χ3n) is 4.62. The minimum atomic E-state index is -0.354. The zero-order chi connectivity index (χ0) is 17.6. The van der Waals surface area contributed by atoms with Gasteiger partial charge in [-0.05, 0) is 25.7 Å². The lowest BCUT2D eigenvalue weighted by molar-refractivity contribution is -0.129. The molecule has 7 heteroatoms. The molecule has 1 aliphatic carbocycles. The molecule has 0 aromatic carbocycles. The highest BCUT2D eigenvalue weighted by molar-refractivity contribution is 7.17. The Bertz CT molecular complexity index is 708. The smallest absolute Gasteiger partial charge is 0.231 e. The van der Waals surface area contributed by atoms with Crippen molar-refractivity contribution in [1.29, 1.82) is 0 Å². The molecule has 1 fully saturated rings. The monoisotopic (exact) mass is 349 g/mol. The Hall–Kier alpha value is -1.76. The van der Waals surface area contributed by atoms with Gasteiger partial charge in [0, 0.05) is 25.4 Å². The summed E-state index contributed by atoms with van der Waals surface area (Å²) in [4.78, 5) is 43.4. The van der Waals surface area contributed by atoms with Crippen LogP contribution in [0.3, 0.4) is 0 Å². The van der Waals surface area contributed by atoms with Gasteiger partial charge in [0.1, 0.15) is 0 Å². The summed E-state index contributed by atoms with van der Waals surface area (Å²) >= 11 is 1.25. The van der Waals surface area contributed by atoms with Crippen LogP contribution in [0.4, 0.5) is 5.13 Å². The van der Waals surface area contributed by atoms with E-state index in [4.69, 9.17) is 0 Å². The summed E-state index contributed by atoms with van der Waals surface area (Å²) in [6, 6.07) is 0.0994. The topological polar surface area (TPSA) is 79.4 Å². The molecule has 1 N–H and O–H groups in total. The number of aromatic nitrogens is 1. The molecule has 1 atom stereocenters. The van der Waals surface area contributed by atoms with Crippen LogP contribution in [0, 0.1) is 11.3 Å². The van der Waals surface area contributed by atoms with E-state index in [1.54, 1.807) is 4.90 Å². The number of nitrogens with one attached hydrogen (secondary N) is 1. The molecule has 6 nitrogen and oxygen atoms in total. The second-order valence-corrected chi connectivity index (χ2v) is 8.76. The molecule has 1 aliphatic heterocycles. The first-order valence-electron chi connectivity index (χ1n) is 8.29. The summed E-state index contributed by atoms with van der Waals surface area (Å²) in [5.74, 6) is -0.431. The molecule has 0 saturated carbocycles. The molecule has 0 spiro atoms. The number of nitrogens with zero attached hydrogens (tertiary/aromatic N) is 2. The quantitative estimate of drug-likeness (QED) is 0.909. The summed E-state index contributed by atoms with van der Waals surface area (Å²) < 4.78 is 0. The lowest BCUT2D eigenvalue weighted by Gasteiger charge is -2.26. The Balaban J connectivity index is 1.71. The van der Waals surface area contributed by atoms with Crippen molar-refractivity contribution in [1.82, 2.24) is 9.88 Å². The largest absolute Gasteiger partial charge is 0.339 e. The van der Waals surface area contributed by atoms with Gasteiger partial charge in [0.15, 0.2) is 10.9 Å². The molecular weight excluding hydrogens is 326 g/mol. The number of likely N-dealkylation sites (tertiary alicyclic amines) is 1. The number of anilines is 1. The average Bonchev–Trinajstić information content (AvgIpc) is 3.01. The van der Waals surface area contributed by atoms with Crippen LogP contribution in [0.1, 0.15) is 55.9 Å². The first kappa shape index (κ1) is 17.1. The van der Waals surface area contributed by atoms with Gasteiger partial charge >= 0.3 is 0 Å². The maximum atomic E-state index is 12.4. The summed E-state index contributed by atoms with van der Waals surface area (Å²) in [6.45, 7) is 8.44. The molecule has 1 aromatic heterocycles. The van der Waals surface area contributed by atoms with Crippen LogP contribution in [0.5, 0.6) is 0 Å². The van der Waals surface area contributed by atoms with Gasteiger partial charge in [-0.25, -0.2) is 4.98 Å². The number of carbonyl (C=O) groups excluding carboxylic acids is 3. The van der Waals surface area contributed by atoms with E-state index in [1.165, 1.54) is 11.3 Å². The van der Waals surface area contributed by atoms with Crippen LogP contribution >= 0.6 is 11.3 Å². The molecule has 24 heavy (non-hydrogen) atoms. The van der Waals surface area contributed by atoms with Crippen molar-refractivity contribution in [2.24, 2.45) is 11.3 Å². The molecule has 1 saturated heterocycles. The van der Waals surface area contributed by atoms with E-state index in [2.05, 4.69) is 24.1 Å². The van der Waals surface area contributed by atoms with Gasteiger partial charge in [0.25, 0.3) is 0 Å². The van der Waals surface area contributed by atoms with Crippen LogP contribution in [0.25, 0.3) is 0 Å². The molecule has 0 radical (unpaired) electrons. The van der Waals surface area contributed by atoms with Crippen LogP contribution in [0.15, 0.2) is 0 Å². The van der Waals surface area contributed by atoms with Crippen molar-refractivity contribution in [3.63, 3.8) is 0 Å². The number of rotatable bonds is 3. The van der Waals surface area contributed by atoms with Crippen molar-refractivity contribution in [3.8, 4) is 0 Å². The van der Waals surface area contributed by atoms with Gasteiger partial charge in [-0.15, -0.1) is 0 Å². The molecule has 1 aromatic rings. The van der Waals surface area contributed by atoms with Crippen molar-refractivity contribution >= 4 is 34.1 Å². The van der Waals surface area contributed by atoms with Gasteiger partial charge in [0.2, 0.25) is 11.8 Å². The van der Waals surface area contributed by atoms with E-state index in [9.17, 15) is 14.4 Å². The van der Waals surface area contributed by atoms with E-state index >= 15 is 0 Å². The molecule has 2 amide bonds. The number of amides is 2. The molecule has 130 valence electrons.